The molecule has 21 heavy (non-hydrogen) atoms. The fourth-order valence-electron chi connectivity index (χ4n) is 3.17. The predicted molar refractivity (Wildman–Crippen MR) is 77.4 cm³/mol. The predicted octanol–water partition coefficient (Wildman–Crippen LogP) is 2.21. The first kappa shape index (κ1) is 13.7. The van der Waals surface area contributed by atoms with Crippen molar-refractivity contribution >= 4 is 17.6 Å². The number of Topliss-reactive ketones (excluding diaryl/α,β-unsaturated/α-hetero) is 1. The van der Waals surface area contributed by atoms with Gasteiger partial charge in [-0.3, -0.25) is 19.3 Å². The van der Waals surface area contributed by atoms with Crippen molar-refractivity contribution in [3.63, 3.8) is 0 Å². The maximum absolute atomic E-state index is 12.5. The largest absolute Gasteiger partial charge is 0.292 e. The summed E-state index contributed by atoms with van der Waals surface area (Å²) in [5.74, 6) is -1.16. The summed E-state index contributed by atoms with van der Waals surface area (Å²) >= 11 is 0. The topological polar surface area (TPSA) is 54.5 Å². The smallest absolute Gasteiger partial charge is 0.234 e. The third-order valence-corrected chi connectivity index (χ3v) is 4.37. The van der Waals surface area contributed by atoms with E-state index in [2.05, 4.69) is 0 Å². The molecule has 3 rings (SSSR count). The first-order valence-electron chi connectivity index (χ1n) is 7.22. The Balaban J connectivity index is 1.85. The van der Waals surface area contributed by atoms with Crippen molar-refractivity contribution < 1.29 is 14.4 Å². The molecule has 1 saturated heterocycles. The van der Waals surface area contributed by atoms with Crippen LogP contribution in [0.3, 0.4) is 0 Å². The maximum atomic E-state index is 12.5. The normalized spacial score (nSPS) is 25.9. The summed E-state index contributed by atoms with van der Waals surface area (Å²) in [6.07, 6.45) is 5.08. The average molecular weight is 283 g/mol. The van der Waals surface area contributed by atoms with Gasteiger partial charge in [-0.1, -0.05) is 42.5 Å². The van der Waals surface area contributed by atoms with Gasteiger partial charge in [-0.05, 0) is 19.8 Å². The number of hydrogen-bond donors (Lipinski definition) is 0. The highest BCUT2D eigenvalue weighted by Gasteiger charge is 2.49. The summed E-state index contributed by atoms with van der Waals surface area (Å²) < 4.78 is 0. The van der Waals surface area contributed by atoms with Gasteiger partial charge in [0.05, 0.1) is 17.9 Å². The van der Waals surface area contributed by atoms with Crippen LogP contribution in [0, 0.1) is 11.8 Å². The minimum Gasteiger partial charge on any atom is -0.292 e. The molecule has 1 fully saturated rings. The second-order valence-electron chi connectivity index (χ2n) is 5.61. The molecular formula is C17H17NO3. The number of imide groups is 1. The third-order valence-electron chi connectivity index (χ3n) is 4.37. The van der Waals surface area contributed by atoms with Gasteiger partial charge in [0, 0.05) is 5.56 Å². The van der Waals surface area contributed by atoms with Crippen LogP contribution >= 0.6 is 0 Å². The highest BCUT2D eigenvalue weighted by atomic mass is 16.2. The highest BCUT2D eigenvalue weighted by molar-refractivity contribution is 6.11. The number of amides is 2. The number of benzene rings is 1. The molecule has 0 N–H and O–H groups in total. The monoisotopic (exact) mass is 283 g/mol. The molecule has 0 unspecified atom stereocenters. The Morgan fingerprint density at radius 1 is 1.05 bits per heavy atom. The van der Waals surface area contributed by atoms with Crippen molar-refractivity contribution in [2.24, 2.45) is 11.8 Å². The SMILES string of the molecule is C[C@H](C(=O)c1ccccc1)N1C(=O)[C@@H]2CC=CC[C@H]2C1=O. The fourth-order valence-corrected chi connectivity index (χ4v) is 3.17. The highest BCUT2D eigenvalue weighted by Crippen LogP contribution is 2.36. The molecule has 1 aliphatic carbocycles. The molecule has 0 spiro atoms. The summed E-state index contributed by atoms with van der Waals surface area (Å²) in [6, 6.07) is 8.05. The number of rotatable bonds is 3. The molecule has 3 atom stereocenters. The van der Waals surface area contributed by atoms with Crippen molar-refractivity contribution in [3.05, 3.63) is 48.0 Å². The van der Waals surface area contributed by atoms with Gasteiger partial charge in [0.25, 0.3) is 0 Å². The summed E-state index contributed by atoms with van der Waals surface area (Å²) in [6.45, 7) is 1.63. The maximum Gasteiger partial charge on any atom is 0.234 e. The molecule has 0 bridgehead atoms. The molecule has 0 saturated carbocycles. The Morgan fingerprint density at radius 2 is 1.57 bits per heavy atom. The van der Waals surface area contributed by atoms with E-state index in [1.165, 1.54) is 4.90 Å². The van der Waals surface area contributed by atoms with E-state index < -0.39 is 6.04 Å². The number of carbonyl (C=O) groups is 3. The summed E-state index contributed by atoms with van der Waals surface area (Å²) in [7, 11) is 0. The van der Waals surface area contributed by atoms with E-state index >= 15 is 0 Å². The number of fused-ring (bicyclic) bond motifs is 1. The second kappa shape index (κ2) is 5.28. The first-order chi connectivity index (χ1) is 10.1. The Hall–Kier alpha value is -2.23. The molecule has 2 amide bonds. The molecule has 4 heteroatoms. The van der Waals surface area contributed by atoms with E-state index in [9.17, 15) is 14.4 Å². The van der Waals surface area contributed by atoms with Crippen LogP contribution < -0.4 is 0 Å². The lowest BCUT2D eigenvalue weighted by molar-refractivity contribution is -0.141. The molecule has 0 aromatic heterocycles. The van der Waals surface area contributed by atoms with Crippen LogP contribution in [0.5, 0.6) is 0 Å². The fraction of sp³-hybridized carbons (Fsp3) is 0.353. The van der Waals surface area contributed by atoms with Crippen molar-refractivity contribution in [2.75, 3.05) is 0 Å². The number of nitrogens with zero attached hydrogens (tertiary/aromatic N) is 1. The molecular weight excluding hydrogens is 266 g/mol. The van der Waals surface area contributed by atoms with Crippen molar-refractivity contribution in [2.45, 2.75) is 25.8 Å². The lowest BCUT2D eigenvalue weighted by Crippen LogP contribution is -2.43. The standard InChI is InChI=1S/C17H17NO3/c1-11(15(19)12-7-3-2-4-8-12)18-16(20)13-9-5-6-10-14(13)17(18)21/h2-8,11,13-14H,9-10H2,1H3/t11-,13-,14-/m1/s1. The van der Waals surface area contributed by atoms with Crippen LogP contribution in [-0.2, 0) is 9.59 Å². The van der Waals surface area contributed by atoms with E-state index in [4.69, 9.17) is 0 Å². The van der Waals surface area contributed by atoms with Crippen molar-refractivity contribution in [3.8, 4) is 0 Å². The quantitative estimate of drug-likeness (QED) is 0.485. The van der Waals surface area contributed by atoms with Crippen molar-refractivity contribution in [1.82, 2.24) is 4.90 Å². The minimum atomic E-state index is -0.738. The van der Waals surface area contributed by atoms with Crippen LogP contribution in [0.15, 0.2) is 42.5 Å². The molecule has 2 aliphatic rings. The number of likely N-dealkylation sites (tertiary alicyclic amines) is 1. The van der Waals surface area contributed by atoms with E-state index in [1.807, 2.05) is 18.2 Å². The summed E-state index contributed by atoms with van der Waals surface area (Å²) in [4.78, 5) is 38.5. The molecule has 1 aromatic carbocycles. The lowest BCUT2D eigenvalue weighted by Gasteiger charge is -2.22. The van der Waals surface area contributed by atoms with Gasteiger partial charge in [-0.15, -0.1) is 0 Å². The van der Waals surface area contributed by atoms with Crippen LogP contribution in [0.1, 0.15) is 30.1 Å². The Kier molecular flexibility index (Phi) is 3.45. The Bertz CT molecular complexity index is 594. The summed E-state index contributed by atoms with van der Waals surface area (Å²) in [5, 5.41) is 0. The summed E-state index contributed by atoms with van der Waals surface area (Å²) in [5.41, 5.74) is 0.526. The molecule has 108 valence electrons. The van der Waals surface area contributed by atoms with Crippen LogP contribution in [0.2, 0.25) is 0 Å². The van der Waals surface area contributed by atoms with Gasteiger partial charge in [0.1, 0.15) is 0 Å². The number of ketones is 1. The molecule has 0 radical (unpaired) electrons. The van der Waals surface area contributed by atoms with E-state index in [1.54, 1.807) is 31.2 Å². The zero-order chi connectivity index (χ0) is 15.0. The zero-order valence-corrected chi connectivity index (χ0v) is 11.9. The van der Waals surface area contributed by atoms with Crippen LogP contribution in [0.25, 0.3) is 0 Å². The Morgan fingerprint density at radius 3 is 2.10 bits per heavy atom. The molecule has 1 aliphatic heterocycles. The number of hydrogen-bond acceptors (Lipinski definition) is 3. The third kappa shape index (κ3) is 2.20. The van der Waals surface area contributed by atoms with Gasteiger partial charge in [0.2, 0.25) is 11.8 Å². The molecule has 1 heterocycles. The zero-order valence-electron chi connectivity index (χ0n) is 11.9. The average Bonchev–Trinajstić information content (AvgIpc) is 2.79. The molecule has 4 nitrogen and oxygen atoms in total. The van der Waals surface area contributed by atoms with Crippen LogP contribution in [-0.4, -0.2) is 28.5 Å². The van der Waals surface area contributed by atoms with E-state index in [-0.39, 0.29) is 29.4 Å². The molecule has 1 aromatic rings. The van der Waals surface area contributed by atoms with E-state index in [0.29, 0.717) is 18.4 Å². The van der Waals surface area contributed by atoms with Crippen molar-refractivity contribution in [1.29, 1.82) is 0 Å². The number of carbonyl (C=O) groups excluding carboxylic acids is 3. The van der Waals surface area contributed by atoms with Gasteiger partial charge >= 0.3 is 0 Å². The van der Waals surface area contributed by atoms with Crippen LogP contribution in [0.4, 0.5) is 0 Å². The second-order valence-corrected chi connectivity index (χ2v) is 5.61. The van der Waals surface area contributed by atoms with E-state index in [0.717, 1.165) is 0 Å². The number of allylic oxidation sites excluding steroid dienone is 2. The van der Waals surface area contributed by atoms with Gasteiger partial charge in [-0.2, -0.15) is 0 Å². The first-order valence-corrected chi connectivity index (χ1v) is 7.22. The lowest BCUT2D eigenvalue weighted by atomic mass is 9.85. The van der Waals surface area contributed by atoms with Gasteiger partial charge in [-0.25, -0.2) is 0 Å². The van der Waals surface area contributed by atoms with Gasteiger partial charge < -0.3 is 0 Å². The Labute approximate surface area is 123 Å². The minimum absolute atomic E-state index is 0.191. The van der Waals surface area contributed by atoms with Gasteiger partial charge in [0.15, 0.2) is 5.78 Å².